The van der Waals surface area contributed by atoms with Crippen LogP contribution in [0.5, 0.6) is 5.75 Å². The molecule has 0 spiro atoms. The third kappa shape index (κ3) is 4.46. The number of anilines is 1. The molecule has 7 nitrogen and oxygen atoms in total. The van der Waals surface area contributed by atoms with Gasteiger partial charge in [-0.05, 0) is 64.5 Å². The van der Waals surface area contributed by atoms with Crippen molar-refractivity contribution >= 4 is 71.8 Å². The van der Waals surface area contributed by atoms with E-state index in [0.29, 0.717) is 32.0 Å². The second-order valence-corrected chi connectivity index (χ2v) is 7.74. The first-order chi connectivity index (χ1) is 13.4. The van der Waals surface area contributed by atoms with Gasteiger partial charge >= 0.3 is 5.97 Å². The standard InChI is InChI=1S/C18H14BrN3O4S2/c1-25-13-6-4-9(7-11(13)19)15(23)21-17(27)22-18-20-12-5-3-10(16(24)26-2)8-14(12)28-18/h3-8H,1-2H3,(H2,20,21,22,23,27). The van der Waals surface area contributed by atoms with Crippen LogP contribution in [0.25, 0.3) is 10.2 Å². The number of thiazole rings is 1. The van der Waals surface area contributed by atoms with Gasteiger partial charge in [0.25, 0.3) is 5.91 Å². The molecule has 0 aliphatic rings. The van der Waals surface area contributed by atoms with Crippen LogP contribution in [0.3, 0.4) is 0 Å². The number of nitrogens with zero attached hydrogens (tertiary/aromatic N) is 1. The smallest absolute Gasteiger partial charge is 0.337 e. The van der Waals surface area contributed by atoms with E-state index in [1.165, 1.54) is 18.4 Å². The summed E-state index contributed by atoms with van der Waals surface area (Å²) >= 11 is 9.84. The van der Waals surface area contributed by atoms with Crippen molar-refractivity contribution in [1.29, 1.82) is 0 Å². The van der Waals surface area contributed by atoms with E-state index in [0.717, 1.165) is 4.70 Å². The molecule has 0 saturated carbocycles. The number of methoxy groups -OCH3 is 2. The zero-order valence-electron chi connectivity index (χ0n) is 14.7. The molecule has 144 valence electrons. The Balaban J connectivity index is 1.69. The number of halogens is 1. The Morgan fingerprint density at radius 3 is 2.57 bits per heavy atom. The zero-order chi connectivity index (χ0) is 20.3. The number of carbonyl (C=O) groups is 2. The van der Waals surface area contributed by atoms with E-state index in [9.17, 15) is 9.59 Å². The number of ether oxygens (including phenoxy) is 2. The summed E-state index contributed by atoms with van der Waals surface area (Å²) in [6, 6.07) is 10.0. The number of thiocarbonyl (C=S) groups is 1. The molecule has 3 rings (SSSR count). The summed E-state index contributed by atoms with van der Waals surface area (Å²) < 4.78 is 11.3. The van der Waals surface area contributed by atoms with Crippen LogP contribution in [0.1, 0.15) is 20.7 Å². The van der Waals surface area contributed by atoms with Gasteiger partial charge in [-0.2, -0.15) is 0 Å². The fraction of sp³-hybridized carbons (Fsp3) is 0.111. The van der Waals surface area contributed by atoms with Gasteiger partial charge in [0.2, 0.25) is 0 Å². The third-order valence-electron chi connectivity index (χ3n) is 3.67. The van der Waals surface area contributed by atoms with E-state index >= 15 is 0 Å². The van der Waals surface area contributed by atoms with Gasteiger partial charge in [0.1, 0.15) is 5.75 Å². The van der Waals surface area contributed by atoms with Crippen LogP contribution < -0.4 is 15.4 Å². The number of carbonyl (C=O) groups excluding carboxylic acids is 2. The number of hydrogen-bond acceptors (Lipinski definition) is 7. The van der Waals surface area contributed by atoms with Crippen molar-refractivity contribution in [3.8, 4) is 5.75 Å². The van der Waals surface area contributed by atoms with Crippen LogP contribution in [0, 0.1) is 0 Å². The van der Waals surface area contributed by atoms with E-state index in [-0.39, 0.29) is 11.0 Å². The normalized spacial score (nSPS) is 10.4. The van der Waals surface area contributed by atoms with Crippen LogP contribution in [0.4, 0.5) is 5.13 Å². The van der Waals surface area contributed by atoms with Crippen LogP contribution in [-0.4, -0.2) is 36.2 Å². The summed E-state index contributed by atoms with van der Waals surface area (Å²) in [5.74, 6) is -0.161. The number of rotatable bonds is 4. The fourth-order valence-electron chi connectivity index (χ4n) is 2.33. The molecular weight excluding hydrogens is 466 g/mol. The monoisotopic (exact) mass is 479 g/mol. The lowest BCUT2D eigenvalue weighted by Gasteiger charge is -2.08. The maximum absolute atomic E-state index is 12.4. The first kappa shape index (κ1) is 20.2. The molecule has 0 radical (unpaired) electrons. The van der Waals surface area contributed by atoms with Crippen molar-refractivity contribution in [2.75, 3.05) is 19.5 Å². The lowest BCUT2D eigenvalue weighted by molar-refractivity contribution is 0.0600. The van der Waals surface area contributed by atoms with Gasteiger partial charge in [-0.25, -0.2) is 9.78 Å². The minimum absolute atomic E-state index is 0.115. The van der Waals surface area contributed by atoms with E-state index in [1.807, 2.05) is 0 Å². The largest absolute Gasteiger partial charge is 0.496 e. The highest BCUT2D eigenvalue weighted by Gasteiger charge is 2.13. The van der Waals surface area contributed by atoms with Crippen molar-refractivity contribution < 1.29 is 19.1 Å². The first-order valence-electron chi connectivity index (χ1n) is 7.86. The molecule has 28 heavy (non-hydrogen) atoms. The predicted octanol–water partition coefficient (Wildman–Crippen LogP) is 3.98. The molecule has 0 fully saturated rings. The number of fused-ring (bicyclic) bond motifs is 1. The maximum atomic E-state index is 12.4. The summed E-state index contributed by atoms with van der Waals surface area (Å²) in [5.41, 5.74) is 1.56. The highest BCUT2D eigenvalue weighted by Crippen LogP contribution is 2.27. The summed E-state index contributed by atoms with van der Waals surface area (Å²) in [4.78, 5) is 28.4. The summed E-state index contributed by atoms with van der Waals surface area (Å²) in [6.07, 6.45) is 0. The number of aromatic nitrogens is 1. The average Bonchev–Trinajstić information content (AvgIpc) is 3.08. The Labute approximate surface area is 178 Å². The van der Waals surface area contributed by atoms with Gasteiger partial charge in [0, 0.05) is 5.56 Å². The van der Waals surface area contributed by atoms with E-state index in [4.69, 9.17) is 21.7 Å². The van der Waals surface area contributed by atoms with Crippen LogP contribution in [0.15, 0.2) is 40.9 Å². The van der Waals surface area contributed by atoms with Crippen LogP contribution >= 0.6 is 39.5 Å². The molecule has 1 amide bonds. The van der Waals surface area contributed by atoms with Crippen molar-refractivity contribution in [3.05, 3.63) is 52.0 Å². The number of hydrogen-bond donors (Lipinski definition) is 2. The molecule has 1 aromatic heterocycles. The van der Waals surface area contributed by atoms with Crippen molar-refractivity contribution in [2.24, 2.45) is 0 Å². The van der Waals surface area contributed by atoms with Crippen molar-refractivity contribution in [1.82, 2.24) is 10.3 Å². The second-order valence-electron chi connectivity index (χ2n) is 5.45. The van der Waals surface area contributed by atoms with E-state index in [1.54, 1.807) is 43.5 Å². The maximum Gasteiger partial charge on any atom is 0.337 e. The lowest BCUT2D eigenvalue weighted by Crippen LogP contribution is -2.34. The van der Waals surface area contributed by atoms with Gasteiger partial charge in [-0.15, -0.1) is 0 Å². The molecule has 2 N–H and O–H groups in total. The number of esters is 1. The molecule has 0 bridgehead atoms. The molecule has 0 aliphatic heterocycles. The quantitative estimate of drug-likeness (QED) is 0.431. The topological polar surface area (TPSA) is 89.5 Å². The predicted molar refractivity (Wildman–Crippen MR) is 115 cm³/mol. The molecular formula is C18H14BrN3O4S2. The fourth-order valence-corrected chi connectivity index (χ4v) is 4.04. The lowest BCUT2D eigenvalue weighted by atomic mass is 10.2. The first-order valence-corrected chi connectivity index (χ1v) is 9.88. The Morgan fingerprint density at radius 1 is 1.14 bits per heavy atom. The molecule has 1 heterocycles. The minimum Gasteiger partial charge on any atom is -0.496 e. The Hall–Kier alpha value is -2.56. The second kappa shape index (κ2) is 8.63. The average molecular weight is 480 g/mol. The summed E-state index contributed by atoms with van der Waals surface area (Å²) in [5, 5.41) is 6.10. The SMILES string of the molecule is COC(=O)c1ccc2nc(NC(=S)NC(=O)c3ccc(OC)c(Br)c3)sc2c1. The summed E-state index contributed by atoms with van der Waals surface area (Å²) in [6.45, 7) is 0. The zero-order valence-corrected chi connectivity index (χ0v) is 18.0. The van der Waals surface area contributed by atoms with Gasteiger partial charge in [-0.3, -0.25) is 10.1 Å². The molecule has 0 atom stereocenters. The number of benzene rings is 2. The van der Waals surface area contributed by atoms with Gasteiger partial charge in [0.05, 0.1) is 34.5 Å². The molecule has 0 saturated heterocycles. The molecule has 0 unspecified atom stereocenters. The minimum atomic E-state index is -0.418. The van der Waals surface area contributed by atoms with Gasteiger partial charge in [0.15, 0.2) is 10.2 Å². The van der Waals surface area contributed by atoms with Crippen LogP contribution in [0.2, 0.25) is 0 Å². The van der Waals surface area contributed by atoms with E-state index in [2.05, 4.69) is 31.5 Å². The highest BCUT2D eigenvalue weighted by molar-refractivity contribution is 9.10. The molecule has 2 aromatic carbocycles. The van der Waals surface area contributed by atoms with E-state index < -0.39 is 5.97 Å². The van der Waals surface area contributed by atoms with Crippen LogP contribution in [-0.2, 0) is 4.74 Å². The van der Waals surface area contributed by atoms with Crippen molar-refractivity contribution in [2.45, 2.75) is 0 Å². The molecule has 10 heteroatoms. The summed E-state index contributed by atoms with van der Waals surface area (Å²) in [7, 11) is 2.87. The van der Waals surface area contributed by atoms with Gasteiger partial charge in [-0.1, -0.05) is 11.3 Å². The molecule has 3 aromatic rings. The number of nitrogens with one attached hydrogen (secondary N) is 2. The Kier molecular flexibility index (Phi) is 6.22. The third-order valence-corrected chi connectivity index (χ3v) is 5.43. The molecule has 0 aliphatic carbocycles. The number of amides is 1. The Bertz CT molecular complexity index is 1080. The van der Waals surface area contributed by atoms with Gasteiger partial charge < -0.3 is 14.8 Å². The highest BCUT2D eigenvalue weighted by atomic mass is 79.9. The van der Waals surface area contributed by atoms with Crippen molar-refractivity contribution in [3.63, 3.8) is 0 Å². The Morgan fingerprint density at radius 2 is 1.89 bits per heavy atom.